The highest BCUT2D eigenvalue weighted by Crippen LogP contribution is 2.51. The first-order valence-corrected chi connectivity index (χ1v) is 5.09. The van der Waals surface area contributed by atoms with Gasteiger partial charge in [0.25, 0.3) is 0 Å². The van der Waals surface area contributed by atoms with Crippen LogP contribution in [-0.4, -0.2) is 23.7 Å². The first-order chi connectivity index (χ1) is 7.10. The molecule has 3 nitrogen and oxygen atoms in total. The minimum absolute atomic E-state index is 0.112. The lowest BCUT2D eigenvalue weighted by molar-refractivity contribution is -0.140. The van der Waals surface area contributed by atoms with E-state index in [4.69, 9.17) is 5.11 Å². The molecule has 80 valence electrons. The SMILES string of the molecule is CNC1(C(=O)O)CC1c1ccc(C)cc1. The number of nitrogens with one attached hydrogen (secondary N) is 1. The van der Waals surface area contributed by atoms with Gasteiger partial charge in [-0.05, 0) is 26.0 Å². The lowest BCUT2D eigenvalue weighted by Gasteiger charge is -2.10. The van der Waals surface area contributed by atoms with Gasteiger partial charge < -0.3 is 10.4 Å². The summed E-state index contributed by atoms with van der Waals surface area (Å²) in [5, 5.41) is 12.0. The highest BCUT2D eigenvalue weighted by atomic mass is 16.4. The van der Waals surface area contributed by atoms with E-state index in [0.29, 0.717) is 6.42 Å². The van der Waals surface area contributed by atoms with Crippen molar-refractivity contribution in [1.82, 2.24) is 5.32 Å². The van der Waals surface area contributed by atoms with Gasteiger partial charge in [0.05, 0.1) is 0 Å². The normalized spacial score (nSPS) is 28.8. The summed E-state index contributed by atoms with van der Waals surface area (Å²) in [4.78, 5) is 11.1. The van der Waals surface area contributed by atoms with E-state index in [1.807, 2.05) is 31.2 Å². The number of carboxylic acid groups (broad SMARTS) is 1. The topological polar surface area (TPSA) is 49.3 Å². The zero-order chi connectivity index (χ0) is 11.1. The third-order valence-corrected chi connectivity index (χ3v) is 3.27. The molecule has 0 aromatic heterocycles. The molecule has 1 aliphatic carbocycles. The van der Waals surface area contributed by atoms with Crippen LogP contribution < -0.4 is 5.32 Å². The number of aryl methyl sites for hydroxylation is 1. The highest BCUT2D eigenvalue weighted by Gasteiger charge is 2.60. The summed E-state index contributed by atoms with van der Waals surface area (Å²) in [6.45, 7) is 2.03. The first kappa shape index (κ1) is 10.2. The van der Waals surface area contributed by atoms with Crippen LogP contribution in [0.4, 0.5) is 0 Å². The molecule has 15 heavy (non-hydrogen) atoms. The minimum Gasteiger partial charge on any atom is -0.480 e. The van der Waals surface area contributed by atoms with Crippen molar-refractivity contribution in [3.05, 3.63) is 35.4 Å². The molecule has 1 aliphatic rings. The summed E-state index contributed by atoms with van der Waals surface area (Å²) in [6.07, 6.45) is 0.682. The Morgan fingerprint density at radius 3 is 2.47 bits per heavy atom. The van der Waals surface area contributed by atoms with Crippen LogP contribution in [0.15, 0.2) is 24.3 Å². The highest BCUT2D eigenvalue weighted by molar-refractivity contribution is 5.85. The van der Waals surface area contributed by atoms with Crippen LogP contribution in [-0.2, 0) is 4.79 Å². The number of hydrogen-bond donors (Lipinski definition) is 2. The van der Waals surface area contributed by atoms with Crippen LogP contribution in [0.3, 0.4) is 0 Å². The lowest BCUT2D eigenvalue weighted by Crippen LogP contribution is -2.38. The molecule has 1 aromatic rings. The van der Waals surface area contributed by atoms with Crippen molar-refractivity contribution >= 4 is 5.97 Å². The summed E-state index contributed by atoms with van der Waals surface area (Å²) >= 11 is 0. The Balaban J connectivity index is 2.22. The third kappa shape index (κ3) is 1.53. The fraction of sp³-hybridized carbons (Fsp3) is 0.417. The van der Waals surface area contributed by atoms with E-state index >= 15 is 0 Å². The largest absolute Gasteiger partial charge is 0.480 e. The molecule has 2 rings (SSSR count). The van der Waals surface area contributed by atoms with Gasteiger partial charge >= 0.3 is 5.97 Å². The van der Waals surface area contributed by atoms with Crippen LogP contribution >= 0.6 is 0 Å². The molecule has 1 saturated carbocycles. The minimum atomic E-state index is -0.754. The molecule has 0 amide bonds. The number of carbonyl (C=O) groups is 1. The van der Waals surface area contributed by atoms with Gasteiger partial charge in [0.2, 0.25) is 0 Å². The first-order valence-electron chi connectivity index (χ1n) is 5.09. The van der Waals surface area contributed by atoms with E-state index < -0.39 is 11.5 Å². The standard InChI is InChI=1S/C12H15NO2/c1-8-3-5-9(6-4-8)10-7-12(10,13-2)11(14)15/h3-6,10,13H,7H2,1-2H3,(H,14,15). The van der Waals surface area contributed by atoms with E-state index in [1.165, 1.54) is 5.56 Å². The van der Waals surface area contributed by atoms with Gasteiger partial charge in [-0.15, -0.1) is 0 Å². The molecule has 0 radical (unpaired) electrons. The Kier molecular flexibility index (Phi) is 2.27. The number of hydrogen-bond acceptors (Lipinski definition) is 2. The summed E-state index contributed by atoms with van der Waals surface area (Å²) in [5.41, 5.74) is 1.58. The summed E-state index contributed by atoms with van der Waals surface area (Å²) in [5.74, 6) is -0.642. The fourth-order valence-electron chi connectivity index (χ4n) is 2.08. The molecule has 1 fully saturated rings. The predicted octanol–water partition coefficient (Wildman–Crippen LogP) is 1.53. The number of rotatable bonds is 3. The van der Waals surface area contributed by atoms with Crippen molar-refractivity contribution in [2.45, 2.75) is 24.8 Å². The van der Waals surface area contributed by atoms with Gasteiger partial charge in [-0.1, -0.05) is 29.8 Å². The van der Waals surface area contributed by atoms with Crippen LogP contribution in [0.2, 0.25) is 0 Å². The lowest BCUT2D eigenvalue weighted by atomic mass is 10.0. The molecule has 2 unspecified atom stereocenters. The maximum absolute atomic E-state index is 11.1. The van der Waals surface area contributed by atoms with E-state index in [1.54, 1.807) is 7.05 Å². The third-order valence-electron chi connectivity index (χ3n) is 3.27. The average molecular weight is 205 g/mol. The smallest absolute Gasteiger partial charge is 0.324 e. The maximum Gasteiger partial charge on any atom is 0.324 e. The number of aliphatic carboxylic acids is 1. The molecule has 0 aliphatic heterocycles. The number of carboxylic acids is 1. The van der Waals surface area contributed by atoms with Gasteiger partial charge in [0, 0.05) is 5.92 Å². The van der Waals surface area contributed by atoms with Crippen LogP contribution in [0.5, 0.6) is 0 Å². The van der Waals surface area contributed by atoms with Gasteiger partial charge in [-0.2, -0.15) is 0 Å². The second kappa shape index (κ2) is 3.35. The monoisotopic (exact) mass is 205 g/mol. The van der Waals surface area contributed by atoms with Crippen molar-refractivity contribution in [1.29, 1.82) is 0 Å². The van der Waals surface area contributed by atoms with Crippen molar-refractivity contribution in [3.63, 3.8) is 0 Å². The van der Waals surface area contributed by atoms with Crippen molar-refractivity contribution in [3.8, 4) is 0 Å². The summed E-state index contributed by atoms with van der Waals surface area (Å²) < 4.78 is 0. The molecule has 1 aromatic carbocycles. The molecule has 0 spiro atoms. The summed E-state index contributed by atoms with van der Waals surface area (Å²) in [7, 11) is 1.71. The van der Waals surface area contributed by atoms with Gasteiger partial charge in [0.15, 0.2) is 0 Å². The molecule has 2 N–H and O–H groups in total. The van der Waals surface area contributed by atoms with Crippen molar-refractivity contribution in [2.75, 3.05) is 7.05 Å². The van der Waals surface area contributed by atoms with E-state index in [2.05, 4.69) is 5.32 Å². The van der Waals surface area contributed by atoms with Crippen molar-refractivity contribution in [2.24, 2.45) is 0 Å². The number of benzene rings is 1. The average Bonchev–Trinajstić information content (AvgIpc) is 2.95. The Bertz CT molecular complexity index is 385. The van der Waals surface area contributed by atoms with Gasteiger partial charge in [-0.25, -0.2) is 0 Å². The molecule has 0 saturated heterocycles. The molecule has 2 atom stereocenters. The fourth-order valence-corrected chi connectivity index (χ4v) is 2.08. The molecule has 0 bridgehead atoms. The zero-order valence-electron chi connectivity index (χ0n) is 8.95. The van der Waals surface area contributed by atoms with E-state index in [9.17, 15) is 4.79 Å². The maximum atomic E-state index is 11.1. The predicted molar refractivity (Wildman–Crippen MR) is 58.0 cm³/mol. The molecule has 3 heteroatoms. The zero-order valence-corrected chi connectivity index (χ0v) is 8.95. The molecular weight excluding hydrogens is 190 g/mol. The Morgan fingerprint density at radius 1 is 1.47 bits per heavy atom. The van der Waals surface area contributed by atoms with Gasteiger partial charge in [-0.3, -0.25) is 4.79 Å². The van der Waals surface area contributed by atoms with E-state index in [-0.39, 0.29) is 5.92 Å². The van der Waals surface area contributed by atoms with Crippen molar-refractivity contribution < 1.29 is 9.90 Å². The van der Waals surface area contributed by atoms with Crippen LogP contribution in [0, 0.1) is 6.92 Å². The Labute approximate surface area is 89.1 Å². The van der Waals surface area contributed by atoms with E-state index in [0.717, 1.165) is 5.56 Å². The quantitative estimate of drug-likeness (QED) is 0.786. The Hall–Kier alpha value is -1.35. The van der Waals surface area contributed by atoms with Crippen LogP contribution in [0.1, 0.15) is 23.5 Å². The van der Waals surface area contributed by atoms with Gasteiger partial charge in [0.1, 0.15) is 5.54 Å². The second-order valence-electron chi connectivity index (χ2n) is 4.19. The molecular formula is C12H15NO2. The second-order valence-corrected chi connectivity index (χ2v) is 4.19. The molecule has 0 heterocycles. The van der Waals surface area contributed by atoms with Crippen LogP contribution in [0.25, 0.3) is 0 Å². The number of likely N-dealkylation sites (N-methyl/N-ethyl adjacent to an activating group) is 1. The summed E-state index contributed by atoms with van der Waals surface area (Å²) in [6, 6.07) is 8.08. The Morgan fingerprint density at radius 2 is 2.07 bits per heavy atom.